The zero-order chi connectivity index (χ0) is 12.9. The summed E-state index contributed by atoms with van der Waals surface area (Å²) in [7, 11) is 0.287. The Balaban J connectivity index is 2.65. The van der Waals surface area contributed by atoms with E-state index in [9.17, 15) is 4.39 Å². The second-order valence-electron chi connectivity index (χ2n) is 4.59. The minimum absolute atomic E-state index is 0.0495. The summed E-state index contributed by atoms with van der Waals surface area (Å²) in [4.78, 5) is 0. The van der Waals surface area contributed by atoms with Crippen molar-refractivity contribution in [1.82, 2.24) is 0 Å². The first-order chi connectivity index (χ1) is 7.98. The molecule has 0 saturated carbocycles. The molecule has 90 valence electrons. The Bertz CT molecular complexity index is 426. The molecule has 1 aromatic carbocycles. The number of hydrogen-bond acceptors (Lipinski definition) is 2. The Kier molecular flexibility index (Phi) is 4.70. The summed E-state index contributed by atoms with van der Waals surface area (Å²) in [6.07, 6.45) is 2.18. The lowest BCUT2D eigenvalue weighted by atomic mass is 10.1. The fourth-order valence-electron chi connectivity index (χ4n) is 1.52. The molecule has 0 aliphatic carbocycles. The largest absolute Gasteiger partial charge is 0.540 e. The molecule has 2 nitrogen and oxygen atoms in total. The number of rotatable bonds is 5. The van der Waals surface area contributed by atoms with E-state index < -0.39 is 5.82 Å². The van der Waals surface area contributed by atoms with Crippen LogP contribution in [0.4, 0.5) is 4.39 Å². The molecule has 0 N–H and O–H groups in total. The van der Waals surface area contributed by atoms with Gasteiger partial charge in [0.25, 0.3) is 0 Å². The second-order valence-corrected chi connectivity index (χ2v) is 6.35. The SMILES string of the molecule is CCCC(C)(C)[Si]Oc1ccc(C#N)c(F)c1. The summed E-state index contributed by atoms with van der Waals surface area (Å²) in [5.41, 5.74) is 0.0495. The summed E-state index contributed by atoms with van der Waals surface area (Å²) in [6.45, 7) is 6.40. The van der Waals surface area contributed by atoms with E-state index in [1.807, 2.05) is 0 Å². The van der Waals surface area contributed by atoms with Crippen molar-refractivity contribution in [3.05, 3.63) is 29.6 Å². The van der Waals surface area contributed by atoms with E-state index >= 15 is 0 Å². The molecule has 0 amide bonds. The van der Waals surface area contributed by atoms with Gasteiger partial charge in [0, 0.05) is 6.07 Å². The number of hydrogen-bond donors (Lipinski definition) is 0. The van der Waals surface area contributed by atoms with Gasteiger partial charge in [0.15, 0.2) is 0 Å². The monoisotopic (exact) mass is 249 g/mol. The molecule has 0 fully saturated rings. The van der Waals surface area contributed by atoms with Gasteiger partial charge in [0.05, 0.1) is 5.56 Å². The fourth-order valence-corrected chi connectivity index (χ4v) is 2.40. The minimum atomic E-state index is -0.525. The summed E-state index contributed by atoms with van der Waals surface area (Å²) in [6, 6.07) is 6.14. The average molecular weight is 249 g/mol. The van der Waals surface area contributed by atoms with Crippen molar-refractivity contribution in [1.29, 1.82) is 5.26 Å². The van der Waals surface area contributed by atoms with Gasteiger partial charge >= 0.3 is 9.76 Å². The van der Waals surface area contributed by atoms with Gasteiger partial charge in [-0.3, -0.25) is 0 Å². The Morgan fingerprint density at radius 2 is 2.18 bits per heavy atom. The van der Waals surface area contributed by atoms with Crippen LogP contribution in [0, 0.1) is 17.1 Å². The minimum Gasteiger partial charge on any atom is -0.540 e. The maximum atomic E-state index is 13.3. The molecule has 17 heavy (non-hydrogen) atoms. The number of halogens is 1. The second kappa shape index (κ2) is 5.83. The first kappa shape index (κ1) is 13.7. The van der Waals surface area contributed by atoms with Crippen LogP contribution in [0.15, 0.2) is 18.2 Å². The van der Waals surface area contributed by atoms with E-state index in [-0.39, 0.29) is 20.4 Å². The molecule has 1 aromatic rings. The van der Waals surface area contributed by atoms with E-state index in [1.165, 1.54) is 12.1 Å². The molecule has 0 atom stereocenters. The predicted octanol–water partition coefficient (Wildman–Crippen LogP) is 3.69. The van der Waals surface area contributed by atoms with E-state index in [0.29, 0.717) is 5.75 Å². The molecule has 0 saturated heterocycles. The van der Waals surface area contributed by atoms with Crippen LogP contribution in [0.25, 0.3) is 0 Å². The molecule has 0 bridgehead atoms. The van der Waals surface area contributed by atoms with Crippen LogP contribution < -0.4 is 4.43 Å². The van der Waals surface area contributed by atoms with Crippen molar-refractivity contribution < 1.29 is 8.82 Å². The first-order valence-electron chi connectivity index (χ1n) is 5.62. The van der Waals surface area contributed by atoms with Gasteiger partial charge in [0.2, 0.25) is 0 Å². The van der Waals surface area contributed by atoms with Gasteiger partial charge in [-0.1, -0.05) is 27.2 Å². The smallest absolute Gasteiger partial charge is 0.317 e. The number of nitrogens with zero attached hydrogens (tertiary/aromatic N) is 1. The molecule has 1 rings (SSSR count). The Hall–Kier alpha value is -1.34. The molecule has 0 aromatic heterocycles. The van der Waals surface area contributed by atoms with Crippen LogP contribution in [0.2, 0.25) is 5.04 Å². The van der Waals surface area contributed by atoms with E-state index in [1.54, 1.807) is 12.1 Å². The van der Waals surface area contributed by atoms with Gasteiger partial charge in [0.1, 0.15) is 17.6 Å². The van der Waals surface area contributed by atoms with Gasteiger partial charge in [-0.25, -0.2) is 4.39 Å². The summed E-state index contributed by atoms with van der Waals surface area (Å²) in [5.74, 6) is -0.0351. The van der Waals surface area contributed by atoms with Crippen LogP contribution in [0.5, 0.6) is 5.75 Å². The molecular weight excluding hydrogens is 233 g/mol. The van der Waals surface area contributed by atoms with Crippen molar-refractivity contribution in [3.63, 3.8) is 0 Å². The lowest BCUT2D eigenvalue weighted by molar-refractivity contribution is 0.496. The van der Waals surface area contributed by atoms with Crippen LogP contribution in [0.3, 0.4) is 0 Å². The highest BCUT2D eigenvalue weighted by molar-refractivity contribution is 6.33. The van der Waals surface area contributed by atoms with Crippen LogP contribution in [0.1, 0.15) is 39.2 Å². The quantitative estimate of drug-likeness (QED) is 0.745. The Morgan fingerprint density at radius 3 is 2.71 bits per heavy atom. The standard InChI is InChI=1S/C13H16FNOSi/c1-4-7-13(2,3)17-16-11-6-5-10(9-15)12(14)8-11/h5-6,8H,4,7H2,1-3H3. The lowest BCUT2D eigenvalue weighted by Gasteiger charge is -2.21. The maximum absolute atomic E-state index is 13.3. The topological polar surface area (TPSA) is 33.0 Å². The van der Waals surface area contributed by atoms with Crippen molar-refractivity contribution in [2.45, 2.75) is 38.7 Å². The third-order valence-electron chi connectivity index (χ3n) is 2.38. The Morgan fingerprint density at radius 1 is 1.47 bits per heavy atom. The van der Waals surface area contributed by atoms with Gasteiger partial charge in [-0.2, -0.15) is 5.26 Å². The zero-order valence-electron chi connectivity index (χ0n) is 10.4. The molecule has 0 heterocycles. The maximum Gasteiger partial charge on any atom is 0.317 e. The zero-order valence-corrected chi connectivity index (χ0v) is 11.4. The van der Waals surface area contributed by atoms with Crippen molar-refractivity contribution in [2.75, 3.05) is 0 Å². The normalized spacial score (nSPS) is 11.0. The third-order valence-corrected chi connectivity index (χ3v) is 3.52. The number of nitriles is 1. The molecule has 4 heteroatoms. The van der Waals surface area contributed by atoms with Crippen molar-refractivity contribution in [3.8, 4) is 11.8 Å². The average Bonchev–Trinajstić information content (AvgIpc) is 2.27. The van der Waals surface area contributed by atoms with E-state index in [4.69, 9.17) is 9.69 Å². The van der Waals surface area contributed by atoms with Crippen molar-refractivity contribution in [2.24, 2.45) is 0 Å². The van der Waals surface area contributed by atoms with Crippen LogP contribution in [-0.2, 0) is 0 Å². The van der Waals surface area contributed by atoms with Crippen LogP contribution in [-0.4, -0.2) is 9.76 Å². The fraction of sp³-hybridized carbons (Fsp3) is 0.462. The molecule has 0 aliphatic heterocycles. The highest BCUT2D eigenvalue weighted by Gasteiger charge is 2.21. The Labute approximate surface area is 104 Å². The molecule has 0 spiro atoms. The lowest BCUT2D eigenvalue weighted by Crippen LogP contribution is -2.18. The molecule has 0 unspecified atom stereocenters. The van der Waals surface area contributed by atoms with E-state index in [0.717, 1.165) is 12.8 Å². The van der Waals surface area contributed by atoms with Crippen LogP contribution >= 0.6 is 0 Å². The molecular formula is C13H16FNOSi. The van der Waals surface area contributed by atoms with Gasteiger partial charge in [-0.15, -0.1) is 0 Å². The molecule has 2 radical (unpaired) electrons. The number of benzene rings is 1. The summed E-state index contributed by atoms with van der Waals surface area (Å²) >= 11 is 0. The van der Waals surface area contributed by atoms with Crippen molar-refractivity contribution >= 4 is 9.76 Å². The first-order valence-corrected chi connectivity index (χ1v) is 6.53. The highest BCUT2D eigenvalue weighted by Crippen LogP contribution is 2.29. The molecule has 0 aliphatic rings. The van der Waals surface area contributed by atoms with Gasteiger partial charge in [-0.05, 0) is 23.6 Å². The van der Waals surface area contributed by atoms with Gasteiger partial charge < -0.3 is 4.43 Å². The predicted molar refractivity (Wildman–Crippen MR) is 66.4 cm³/mol. The van der Waals surface area contributed by atoms with E-state index in [2.05, 4.69) is 20.8 Å². The summed E-state index contributed by atoms with van der Waals surface area (Å²) in [5, 5.41) is 8.72. The third kappa shape index (κ3) is 4.20. The summed E-state index contributed by atoms with van der Waals surface area (Å²) < 4.78 is 18.9. The highest BCUT2D eigenvalue weighted by atomic mass is 28.2.